The third-order valence-corrected chi connectivity index (χ3v) is 6.23. The van der Waals surface area contributed by atoms with Crippen molar-refractivity contribution in [1.29, 1.82) is 0 Å². The number of ether oxygens (including phenoxy) is 5. The highest BCUT2D eigenvalue weighted by Crippen LogP contribution is 2.38. The van der Waals surface area contributed by atoms with Gasteiger partial charge in [0.05, 0.1) is 51.0 Å². The zero-order valence-corrected chi connectivity index (χ0v) is 20.9. The highest BCUT2D eigenvalue weighted by Gasteiger charge is 2.17. The molecule has 1 heterocycles. The van der Waals surface area contributed by atoms with Crippen LogP contribution >= 0.6 is 0 Å². The molecular formula is C26H32N6O5. The van der Waals surface area contributed by atoms with Crippen LogP contribution in [0.1, 0.15) is 35.1 Å². The summed E-state index contributed by atoms with van der Waals surface area (Å²) < 4.78 is 29.0. The third-order valence-electron chi connectivity index (χ3n) is 6.23. The fraction of sp³-hybridized carbons (Fsp3) is 0.538. The predicted molar refractivity (Wildman–Crippen MR) is 138 cm³/mol. The quantitative estimate of drug-likeness (QED) is 0.275. The van der Waals surface area contributed by atoms with E-state index >= 15 is 0 Å². The monoisotopic (exact) mass is 508 g/mol. The molecule has 0 atom stereocenters. The van der Waals surface area contributed by atoms with Crippen LogP contribution in [0.25, 0.3) is 20.9 Å². The van der Waals surface area contributed by atoms with Crippen LogP contribution in [0.5, 0.6) is 11.5 Å². The lowest BCUT2D eigenvalue weighted by molar-refractivity contribution is 0.00494. The van der Waals surface area contributed by atoms with Crippen molar-refractivity contribution in [3.8, 4) is 11.5 Å². The summed E-state index contributed by atoms with van der Waals surface area (Å²) in [4.78, 5) is 6.08. The van der Waals surface area contributed by atoms with Gasteiger partial charge in [0.25, 0.3) is 0 Å². The number of hydrogen-bond donors (Lipinski definition) is 0. The lowest BCUT2D eigenvalue weighted by Crippen LogP contribution is -2.15. The first-order chi connectivity index (χ1) is 18.3. The van der Waals surface area contributed by atoms with Gasteiger partial charge in [0.15, 0.2) is 0 Å². The Kier molecular flexibility index (Phi) is 10.3. The number of benzene rings is 2. The summed E-state index contributed by atoms with van der Waals surface area (Å²) in [5, 5.41) is 7.89. The second-order valence-electron chi connectivity index (χ2n) is 8.83. The summed E-state index contributed by atoms with van der Waals surface area (Å²) in [6.45, 7) is 3.26. The van der Waals surface area contributed by atoms with Crippen LogP contribution in [-0.2, 0) is 39.9 Å². The molecule has 0 aromatic heterocycles. The van der Waals surface area contributed by atoms with E-state index in [9.17, 15) is 11.1 Å². The Bertz CT molecular complexity index is 1070. The van der Waals surface area contributed by atoms with Crippen molar-refractivity contribution >= 4 is 11.4 Å². The average molecular weight is 509 g/mol. The van der Waals surface area contributed by atoms with Gasteiger partial charge in [0.2, 0.25) is 0 Å². The topological polar surface area (TPSA) is 144 Å². The van der Waals surface area contributed by atoms with Gasteiger partial charge in [-0.2, -0.15) is 0 Å². The molecule has 11 nitrogen and oxygen atoms in total. The second kappa shape index (κ2) is 14.3. The molecule has 4 rings (SSSR count). The standard InChI is InChI=1S/C26H32N6O5/c27-31-29-23-17-19-3-1-4-20-16-22-6-2-5-21(15-19)25(23)36-13-11-34-9-7-33-8-10-35-12-14-37-26(22)24(18-20)30-32-28/h15-18H,1-14H2. The molecule has 0 radical (unpaired) electrons. The van der Waals surface area contributed by atoms with E-state index < -0.39 is 0 Å². The normalized spacial score (nSPS) is 17.4. The molecule has 196 valence electrons. The van der Waals surface area contributed by atoms with E-state index in [1.165, 1.54) is 0 Å². The van der Waals surface area contributed by atoms with E-state index in [4.69, 9.17) is 23.7 Å². The van der Waals surface area contributed by atoms with Crippen LogP contribution in [0.3, 0.4) is 0 Å². The smallest absolute Gasteiger partial charge is 0.132 e. The summed E-state index contributed by atoms with van der Waals surface area (Å²) in [7, 11) is 0. The van der Waals surface area contributed by atoms with Crippen molar-refractivity contribution in [2.24, 2.45) is 10.2 Å². The summed E-state index contributed by atoms with van der Waals surface area (Å²) in [6, 6.07) is 8.13. The van der Waals surface area contributed by atoms with Crippen LogP contribution in [-0.4, -0.2) is 52.9 Å². The molecule has 4 bridgehead atoms. The first kappa shape index (κ1) is 26.6. The predicted octanol–water partition coefficient (Wildman–Crippen LogP) is 6.06. The Balaban J connectivity index is 1.67. The lowest BCUT2D eigenvalue weighted by Gasteiger charge is -2.19. The van der Waals surface area contributed by atoms with E-state index in [0.717, 1.165) is 60.8 Å². The first-order valence-corrected chi connectivity index (χ1v) is 12.7. The fourth-order valence-corrected chi connectivity index (χ4v) is 4.62. The Hall–Kier alpha value is -3.46. The van der Waals surface area contributed by atoms with Gasteiger partial charge in [-0.3, -0.25) is 0 Å². The maximum absolute atomic E-state index is 9.19. The van der Waals surface area contributed by atoms with Crippen molar-refractivity contribution in [3.05, 3.63) is 67.4 Å². The van der Waals surface area contributed by atoms with E-state index in [1.54, 1.807) is 0 Å². The summed E-state index contributed by atoms with van der Waals surface area (Å²) >= 11 is 0. The Morgan fingerprint density at radius 3 is 1.38 bits per heavy atom. The van der Waals surface area contributed by atoms with Crippen molar-refractivity contribution < 1.29 is 23.7 Å². The molecule has 0 spiro atoms. The number of azide groups is 2. The van der Waals surface area contributed by atoms with Crippen molar-refractivity contribution in [2.75, 3.05) is 52.9 Å². The van der Waals surface area contributed by atoms with Crippen LogP contribution in [0, 0.1) is 0 Å². The van der Waals surface area contributed by atoms with Gasteiger partial charge in [-0.15, -0.1) is 0 Å². The molecule has 1 aliphatic carbocycles. The van der Waals surface area contributed by atoms with Gasteiger partial charge in [-0.05, 0) is 84.0 Å². The molecule has 0 N–H and O–H groups in total. The van der Waals surface area contributed by atoms with Gasteiger partial charge >= 0.3 is 0 Å². The van der Waals surface area contributed by atoms with Gasteiger partial charge in [0, 0.05) is 9.82 Å². The number of rotatable bonds is 2. The minimum Gasteiger partial charge on any atom is -0.490 e. The Morgan fingerprint density at radius 1 is 0.541 bits per heavy atom. The van der Waals surface area contributed by atoms with E-state index in [1.807, 2.05) is 12.1 Å². The zero-order valence-electron chi connectivity index (χ0n) is 20.9. The van der Waals surface area contributed by atoms with Crippen LogP contribution in [0.2, 0.25) is 0 Å². The van der Waals surface area contributed by atoms with Crippen molar-refractivity contribution in [3.63, 3.8) is 0 Å². The number of hydrogen-bond acceptors (Lipinski definition) is 7. The Labute approximate surface area is 215 Å². The Morgan fingerprint density at radius 2 is 0.946 bits per heavy atom. The molecule has 0 saturated carbocycles. The molecule has 2 aromatic carbocycles. The lowest BCUT2D eigenvalue weighted by atomic mass is 9.94. The maximum Gasteiger partial charge on any atom is 0.132 e. The highest BCUT2D eigenvalue weighted by atomic mass is 16.6. The van der Waals surface area contributed by atoms with Crippen molar-refractivity contribution in [2.45, 2.75) is 38.5 Å². The minimum atomic E-state index is 0.332. The second-order valence-corrected chi connectivity index (χ2v) is 8.83. The van der Waals surface area contributed by atoms with E-state index in [2.05, 4.69) is 32.2 Å². The SMILES string of the molecule is [N-]=[N+]=Nc1cc2cc3c1OCCOCCOCCOCCOc1c(cc(cc1N=[N+]=[N-])CCC2)CCC3. The summed E-state index contributed by atoms with van der Waals surface area (Å²) in [5.41, 5.74) is 23.6. The van der Waals surface area contributed by atoms with Gasteiger partial charge in [0.1, 0.15) is 24.7 Å². The summed E-state index contributed by atoms with van der Waals surface area (Å²) in [6.07, 6.45) is 4.74. The zero-order chi connectivity index (χ0) is 25.7. The van der Waals surface area contributed by atoms with Gasteiger partial charge < -0.3 is 23.7 Å². The molecule has 0 amide bonds. The molecule has 0 saturated heterocycles. The van der Waals surface area contributed by atoms with Gasteiger partial charge in [-0.1, -0.05) is 22.4 Å². The molecule has 0 fully saturated rings. The summed E-state index contributed by atoms with van der Waals surface area (Å²) in [5.74, 6) is 1.20. The number of aryl methyl sites for hydroxylation is 4. The first-order valence-electron chi connectivity index (χ1n) is 12.7. The van der Waals surface area contributed by atoms with Crippen molar-refractivity contribution in [1.82, 2.24) is 0 Å². The third kappa shape index (κ3) is 7.76. The number of nitrogens with zero attached hydrogens (tertiary/aromatic N) is 6. The average Bonchev–Trinajstić information content (AvgIpc) is 2.88. The van der Waals surface area contributed by atoms with E-state index in [0.29, 0.717) is 75.7 Å². The van der Waals surface area contributed by atoms with Crippen LogP contribution in [0.15, 0.2) is 34.5 Å². The molecular weight excluding hydrogens is 476 g/mol. The fourth-order valence-electron chi connectivity index (χ4n) is 4.62. The maximum atomic E-state index is 9.19. The largest absolute Gasteiger partial charge is 0.490 e. The van der Waals surface area contributed by atoms with Crippen LogP contribution < -0.4 is 9.47 Å². The van der Waals surface area contributed by atoms with Gasteiger partial charge in [-0.25, -0.2) is 0 Å². The van der Waals surface area contributed by atoms with E-state index in [-0.39, 0.29) is 0 Å². The molecule has 1 aliphatic heterocycles. The molecule has 0 unspecified atom stereocenters. The molecule has 37 heavy (non-hydrogen) atoms. The highest BCUT2D eigenvalue weighted by molar-refractivity contribution is 5.60. The van der Waals surface area contributed by atoms with Crippen LogP contribution in [0.4, 0.5) is 11.4 Å². The number of fused-ring (bicyclic) bond motifs is 4. The molecule has 11 heteroatoms. The molecule has 2 aromatic rings. The molecule has 2 aliphatic rings. The minimum absolute atomic E-state index is 0.332.